The Labute approximate surface area is 131 Å². The molecule has 0 amide bonds. The third-order valence-corrected chi connectivity index (χ3v) is 4.96. The first kappa shape index (κ1) is 15.7. The molecule has 0 saturated heterocycles. The number of aryl methyl sites for hydroxylation is 1. The standard InChI is InChI=1S/C16H26BrN3/c1-3-9-13-14(17)16(18-2)20-15(19-13)12-10-7-5-4-6-8-11-12/h12H,3-11H2,1-2H3,(H,18,19,20). The monoisotopic (exact) mass is 339 g/mol. The highest BCUT2D eigenvalue weighted by molar-refractivity contribution is 9.10. The fourth-order valence-corrected chi connectivity index (χ4v) is 3.55. The lowest BCUT2D eigenvalue weighted by Crippen LogP contribution is -2.11. The van der Waals surface area contributed by atoms with Crippen molar-refractivity contribution in [3.8, 4) is 0 Å². The summed E-state index contributed by atoms with van der Waals surface area (Å²) in [6, 6.07) is 0. The van der Waals surface area contributed by atoms with Gasteiger partial charge >= 0.3 is 0 Å². The lowest BCUT2D eigenvalue weighted by Gasteiger charge is -2.20. The largest absolute Gasteiger partial charge is 0.372 e. The Balaban J connectivity index is 2.26. The van der Waals surface area contributed by atoms with E-state index in [-0.39, 0.29) is 0 Å². The molecule has 1 aliphatic rings. The zero-order valence-corrected chi connectivity index (χ0v) is 14.3. The fraction of sp³-hybridized carbons (Fsp3) is 0.750. The number of hydrogen-bond acceptors (Lipinski definition) is 3. The van der Waals surface area contributed by atoms with E-state index in [1.54, 1.807) is 0 Å². The summed E-state index contributed by atoms with van der Waals surface area (Å²) in [6.07, 6.45) is 11.4. The summed E-state index contributed by atoms with van der Waals surface area (Å²) < 4.78 is 1.04. The van der Waals surface area contributed by atoms with E-state index in [4.69, 9.17) is 9.97 Å². The Morgan fingerprint density at radius 3 is 2.35 bits per heavy atom. The quantitative estimate of drug-likeness (QED) is 0.832. The Morgan fingerprint density at radius 2 is 1.75 bits per heavy atom. The van der Waals surface area contributed by atoms with Gasteiger partial charge in [0.1, 0.15) is 11.6 Å². The average molecular weight is 340 g/mol. The minimum Gasteiger partial charge on any atom is -0.372 e. The summed E-state index contributed by atoms with van der Waals surface area (Å²) in [5, 5.41) is 3.20. The summed E-state index contributed by atoms with van der Waals surface area (Å²) in [5.74, 6) is 2.55. The normalized spacial score (nSPS) is 17.6. The third kappa shape index (κ3) is 3.94. The maximum atomic E-state index is 4.87. The molecule has 1 N–H and O–H groups in total. The van der Waals surface area contributed by atoms with Crippen molar-refractivity contribution in [3.63, 3.8) is 0 Å². The van der Waals surface area contributed by atoms with Crippen LogP contribution in [0.25, 0.3) is 0 Å². The SMILES string of the molecule is CCCc1nc(C2CCCCCCC2)nc(NC)c1Br. The van der Waals surface area contributed by atoms with Crippen molar-refractivity contribution in [2.45, 2.75) is 70.6 Å². The molecule has 2 rings (SSSR count). The molecule has 0 aromatic carbocycles. The minimum atomic E-state index is 0.547. The summed E-state index contributed by atoms with van der Waals surface area (Å²) in [6.45, 7) is 2.20. The highest BCUT2D eigenvalue weighted by Gasteiger charge is 2.19. The number of nitrogens with zero attached hydrogens (tertiary/aromatic N) is 2. The second-order valence-corrected chi connectivity index (χ2v) is 6.53. The van der Waals surface area contributed by atoms with Crippen LogP contribution in [0.1, 0.15) is 75.7 Å². The molecule has 0 radical (unpaired) electrons. The molecule has 1 saturated carbocycles. The molecule has 4 heteroatoms. The maximum absolute atomic E-state index is 4.87. The summed E-state index contributed by atoms with van der Waals surface area (Å²) in [5.41, 5.74) is 1.16. The minimum absolute atomic E-state index is 0.547. The number of nitrogens with one attached hydrogen (secondary N) is 1. The second kappa shape index (κ2) is 7.96. The second-order valence-electron chi connectivity index (χ2n) is 5.73. The van der Waals surface area contributed by atoms with Crippen LogP contribution in [0.15, 0.2) is 4.47 Å². The third-order valence-electron chi connectivity index (χ3n) is 4.13. The molecular weight excluding hydrogens is 314 g/mol. The molecule has 1 heterocycles. The molecule has 1 aromatic heterocycles. The number of aromatic nitrogens is 2. The van der Waals surface area contributed by atoms with Crippen molar-refractivity contribution in [1.29, 1.82) is 0 Å². The number of anilines is 1. The van der Waals surface area contributed by atoms with Crippen LogP contribution in [-0.2, 0) is 6.42 Å². The van der Waals surface area contributed by atoms with Crippen molar-refractivity contribution in [2.24, 2.45) is 0 Å². The number of rotatable bonds is 4. The maximum Gasteiger partial charge on any atom is 0.144 e. The first-order chi connectivity index (χ1) is 9.76. The molecule has 0 aliphatic heterocycles. The smallest absolute Gasteiger partial charge is 0.144 e. The van der Waals surface area contributed by atoms with Crippen molar-refractivity contribution >= 4 is 21.7 Å². The van der Waals surface area contributed by atoms with Gasteiger partial charge in [-0.25, -0.2) is 9.97 Å². The van der Waals surface area contributed by atoms with Crippen molar-refractivity contribution in [3.05, 3.63) is 16.0 Å². The first-order valence-corrected chi connectivity index (χ1v) is 8.79. The predicted molar refractivity (Wildman–Crippen MR) is 88.3 cm³/mol. The highest BCUT2D eigenvalue weighted by atomic mass is 79.9. The van der Waals surface area contributed by atoms with Gasteiger partial charge in [0.15, 0.2) is 0 Å². The predicted octanol–water partition coefficient (Wildman–Crippen LogP) is 5.06. The van der Waals surface area contributed by atoms with E-state index < -0.39 is 0 Å². The highest BCUT2D eigenvalue weighted by Crippen LogP contribution is 2.32. The summed E-state index contributed by atoms with van der Waals surface area (Å²) in [4.78, 5) is 9.63. The molecule has 1 aromatic rings. The fourth-order valence-electron chi connectivity index (χ4n) is 2.98. The van der Waals surface area contributed by atoms with Gasteiger partial charge in [-0.1, -0.05) is 45.4 Å². The molecule has 0 spiro atoms. The van der Waals surface area contributed by atoms with Gasteiger partial charge in [0.05, 0.1) is 10.2 Å². The van der Waals surface area contributed by atoms with Crippen LogP contribution in [0.2, 0.25) is 0 Å². The zero-order chi connectivity index (χ0) is 14.4. The van der Waals surface area contributed by atoms with Gasteiger partial charge < -0.3 is 5.32 Å². The van der Waals surface area contributed by atoms with E-state index in [9.17, 15) is 0 Å². The molecule has 3 nitrogen and oxygen atoms in total. The Kier molecular flexibility index (Phi) is 6.27. The van der Waals surface area contributed by atoms with Crippen LogP contribution in [0.5, 0.6) is 0 Å². The van der Waals surface area contributed by atoms with Gasteiger partial charge in [0, 0.05) is 13.0 Å². The van der Waals surface area contributed by atoms with E-state index in [1.807, 2.05) is 7.05 Å². The molecule has 1 fully saturated rings. The zero-order valence-electron chi connectivity index (χ0n) is 12.7. The average Bonchev–Trinajstić information content (AvgIpc) is 2.41. The first-order valence-electron chi connectivity index (χ1n) is 8.00. The van der Waals surface area contributed by atoms with Crippen LogP contribution < -0.4 is 5.32 Å². The van der Waals surface area contributed by atoms with Crippen LogP contribution in [0.3, 0.4) is 0 Å². The van der Waals surface area contributed by atoms with E-state index >= 15 is 0 Å². The lowest BCUT2D eigenvalue weighted by molar-refractivity contribution is 0.441. The van der Waals surface area contributed by atoms with Gasteiger partial charge in [-0.2, -0.15) is 0 Å². The molecule has 1 aliphatic carbocycles. The molecule has 0 unspecified atom stereocenters. The van der Waals surface area contributed by atoms with Gasteiger partial charge in [0.2, 0.25) is 0 Å². The van der Waals surface area contributed by atoms with E-state index in [1.165, 1.54) is 44.9 Å². The van der Waals surface area contributed by atoms with E-state index in [0.717, 1.165) is 34.7 Å². The van der Waals surface area contributed by atoms with E-state index in [2.05, 4.69) is 28.2 Å². The van der Waals surface area contributed by atoms with Crippen molar-refractivity contribution in [1.82, 2.24) is 9.97 Å². The van der Waals surface area contributed by atoms with Crippen LogP contribution in [0, 0.1) is 0 Å². The molecule has 0 atom stereocenters. The van der Waals surface area contributed by atoms with Crippen molar-refractivity contribution in [2.75, 3.05) is 12.4 Å². The number of halogens is 1. The molecule has 112 valence electrons. The summed E-state index contributed by atoms with van der Waals surface area (Å²) >= 11 is 3.64. The summed E-state index contributed by atoms with van der Waals surface area (Å²) in [7, 11) is 1.94. The topological polar surface area (TPSA) is 37.8 Å². The Bertz CT molecular complexity index is 426. The van der Waals surface area contributed by atoms with Crippen LogP contribution in [-0.4, -0.2) is 17.0 Å². The van der Waals surface area contributed by atoms with Crippen LogP contribution >= 0.6 is 15.9 Å². The van der Waals surface area contributed by atoms with Crippen LogP contribution in [0.4, 0.5) is 5.82 Å². The van der Waals surface area contributed by atoms with Gasteiger partial charge in [-0.15, -0.1) is 0 Å². The Morgan fingerprint density at radius 1 is 1.10 bits per heavy atom. The van der Waals surface area contributed by atoms with Gasteiger partial charge in [-0.3, -0.25) is 0 Å². The molecule has 0 bridgehead atoms. The molecular formula is C16H26BrN3. The lowest BCUT2D eigenvalue weighted by atomic mass is 9.90. The molecule has 20 heavy (non-hydrogen) atoms. The number of hydrogen-bond donors (Lipinski definition) is 1. The van der Waals surface area contributed by atoms with Gasteiger partial charge in [0.25, 0.3) is 0 Å². The van der Waals surface area contributed by atoms with Gasteiger partial charge in [-0.05, 0) is 35.2 Å². The van der Waals surface area contributed by atoms with Crippen molar-refractivity contribution < 1.29 is 0 Å². The van der Waals surface area contributed by atoms with E-state index in [0.29, 0.717) is 5.92 Å². The Hall–Kier alpha value is -0.640.